The summed E-state index contributed by atoms with van der Waals surface area (Å²) in [6, 6.07) is 9.33. The Morgan fingerprint density at radius 3 is 2.83 bits per heavy atom. The van der Waals surface area contributed by atoms with Crippen LogP contribution in [0.2, 0.25) is 0 Å². The molecule has 4 aromatic heterocycles. The van der Waals surface area contributed by atoms with Crippen LogP contribution in [0.5, 0.6) is 0 Å². The second-order valence-electron chi connectivity index (χ2n) is 6.06. The smallest absolute Gasteiger partial charge is 0.412 e. The number of amides is 1. The quantitative estimate of drug-likeness (QED) is 0.449. The highest BCUT2D eigenvalue weighted by Gasteiger charge is 2.15. The molecule has 30 heavy (non-hydrogen) atoms. The van der Waals surface area contributed by atoms with Gasteiger partial charge in [-0.15, -0.1) is 0 Å². The Hall–Kier alpha value is -4.15. The number of nitrogens with one attached hydrogen (secondary N) is 3. The van der Waals surface area contributed by atoms with Gasteiger partial charge in [0.05, 0.1) is 12.5 Å². The average molecular weight is 411 g/mol. The minimum Gasteiger partial charge on any atom is -0.453 e. The number of aromatic nitrogens is 5. The fourth-order valence-electron chi connectivity index (χ4n) is 2.72. The first-order chi connectivity index (χ1) is 14.5. The molecule has 4 heterocycles. The van der Waals surface area contributed by atoms with Crippen molar-refractivity contribution in [3.63, 3.8) is 0 Å². The first-order valence-electron chi connectivity index (χ1n) is 8.72. The van der Waals surface area contributed by atoms with E-state index in [0.29, 0.717) is 22.5 Å². The van der Waals surface area contributed by atoms with Crippen LogP contribution in [0.3, 0.4) is 0 Å². The van der Waals surface area contributed by atoms with Gasteiger partial charge in [-0.3, -0.25) is 5.32 Å². The molecule has 0 bridgehead atoms. The molecule has 0 aliphatic rings. The van der Waals surface area contributed by atoms with Gasteiger partial charge in [0.1, 0.15) is 28.7 Å². The number of H-pyrrole nitrogens is 1. The first kappa shape index (κ1) is 19.2. The summed E-state index contributed by atoms with van der Waals surface area (Å²) in [5.74, 6) is 0.880. The number of anilines is 3. The van der Waals surface area contributed by atoms with E-state index in [0.717, 1.165) is 0 Å². The maximum atomic E-state index is 13.0. The molecule has 4 aromatic rings. The second-order valence-corrected chi connectivity index (χ2v) is 6.06. The van der Waals surface area contributed by atoms with E-state index in [1.807, 2.05) is 0 Å². The highest BCUT2D eigenvalue weighted by Crippen LogP contribution is 2.27. The monoisotopic (exact) mass is 411 g/mol. The summed E-state index contributed by atoms with van der Waals surface area (Å²) in [7, 11) is 1.25. The van der Waals surface area contributed by atoms with Gasteiger partial charge in [0.25, 0.3) is 6.43 Å². The molecular weight excluding hydrogens is 396 g/mol. The summed E-state index contributed by atoms with van der Waals surface area (Å²) in [5, 5.41) is 6.29. The number of hydrogen-bond acceptors (Lipinski definition) is 7. The molecule has 0 fully saturated rings. The van der Waals surface area contributed by atoms with Crippen molar-refractivity contribution in [2.75, 3.05) is 17.7 Å². The number of aromatic amines is 1. The van der Waals surface area contributed by atoms with Gasteiger partial charge in [0.2, 0.25) is 0 Å². The van der Waals surface area contributed by atoms with Gasteiger partial charge in [-0.2, -0.15) is 0 Å². The zero-order valence-corrected chi connectivity index (χ0v) is 15.6. The van der Waals surface area contributed by atoms with Crippen LogP contribution in [0.1, 0.15) is 12.1 Å². The van der Waals surface area contributed by atoms with E-state index >= 15 is 0 Å². The van der Waals surface area contributed by atoms with E-state index in [9.17, 15) is 13.6 Å². The number of rotatable bonds is 5. The normalized spacial score (nSPS) is 10.9. The van der Waals surface area contributed by atoms with Crippen LogP contribution in [-0.4, -0.2) is 38.1 Å². The second kappa shape index (κ2) is 8.07. The molecule has 0 spiro atoms. The van der Waals surface area contributed by atoms with Crippen LogP contribution >= 0.6 is 0 Å². The van der Waals surface area contributed by atoms with Crippen molar-refractivity contribution in [2.24, 2.45) is 0 Å². The minimum atomic E-state index is -2.70. The Morgan fingerprint density at radius 2 is 2.03 bits per heavy atom. The molecule has 0 saturated heterocycles. The maximum absolute atomic E-state index is 13.0. The van der Waals surface area contributed by atoms with E-state index in [-0.39, 0.29) is 23.0 Å². The number of pyridine rings is 2. The lowest BCUT2D eigenvalue weighted by Gasteiger charge is -2.10. The molecule has 0 aromatic carbocycles. The van der Waals surface area contributed by atoms with E-state index < -0.39 is 12.5 Å². The Kier molecular flexibility index (Phi) is 5.16. The summed E-state index contributed by atoms with van der Waals surface area (Å²) in [4.78, 5) is 31.2. The molecule has 0 radical (unpaired) electrons. The third kappa shape index (κ3) is 3.99. The standard InChI is InChI=1S/C19H15F2N7O2/c1-30-19(29)26-14-9-10(5-7-22-14)24-17-11-6-8-23-16(11)27-18(28-17)13-4-2-3-12(25-13)15(20)21/h2-9,15H,1H3,(H3,22,23,24,26,27,28,29). The summed E-state index contributed by atoms with van der Waals surface area (Å²) in [6.07, 6.45) is -0.164. The molecule has 0 saturated carbocycles. The summed E-state index contributed by atoms with van der Waals surface area (Å²) < 4.78 is 30.6. The molecular formula is C19H15F2N7O2. The number of fused-ring (bicyclic) bond motifs is 1. The van der Waals surface area contributed by atoms with Crippen LogP contribution in [-0.2, 0) is 4.74 Å². The molecule has 0 aliphatic heterocycles. The fraction of sp³-hybridized carbons (Fsp3) is 0.105. The van der Waals surface area contributed by atoms with Crippen molar-refractivity contribution < 1.29 is 18.3 Å². The molecule has 3 N–H and O–H groups in total. The summed E-state index contributed by atoms with van der Waals surface area (Å²) >= 11 is 0. The average Bonchev–Trinajstić information content (AvgIpc) is 3.23. The van der Waals surface area contributed by atoms with Gasteiger partial charge >= 0.3 is 6.09 Å². The van der Waals surface area contributed by atoms with E-state index in [1.165, 1.54) is 25.4 Å². The largest absolute Gasteiger partial charge is 0.453 e. The van der Waals surface area contributed by atoms with Gasteiger partial charge in [0, 0.05) is 24.1 Å². The lowest BCUT2D eigenvalue weighted by atomic mass is 10.2. The first-order valence-corrected chi connectivity index (χ1v) is 8.72. The molecule has 152 valence electrons. The summed E-state index contributed by atoms with van der Waals surface area (Å²) in [5.41, 5.74) is 0.950. The van der Waals surface area contributed by atoms with Crippen LogP contribution in [0.25, 0.3) is 22.6 Å². The number of carbonyl (C=O) groups excluding carboxylic acids is 1. The highest BCUT2D eigenvalue weighted by molar-refractivity contribution is 5.91. The zero-order valence-electron chi connectivity index (χ0n) is 15.6. The predicted molar refractivity (Wildman–Crippen MR) is 106 cm³/mol. The van der Waals surface area contributed by atoms with Crippen LogP contribution < -0.4 is 10.6 Å². The van der Waals surface area contributed by atoms with Crippen LogP contribution in [0, 0.1) is 0 Å². The van der Waals surface area contributed by atoms with Gasteiger partial charge in [0.15, 0.2) is 5.82 Å². The van der Waals surface area contributed by atoms with E-state index in [2.05, 4.69) is 40.3 Å². The number of methoxy groups -OCH3 is 1. The molecule has 4 rings (SSSR count). The van der Waals surface area contributed by atoms with Gasteiger partial charge in [-0.1, -0.05) is 6.07 Å². The third-order valence-electron chi connectivity index (χ3n) is 4.08. The fourth-order valence-corrected chi connectivity index (χ4v) is 2.72. The van der Waals surface area contributed by atoms with E-state index in [4.69, 9.17) is 0 Å². The van der Waals surface area contributed by atoms with Crippen molar-refractivity contribution in [3.05, 3.63) is 54.5 Å². The highest BCUT2D eigenvalue weighted by atomic mass is 19.3. The Balaban J connectivity index is 1.71. The molecule has 0 aliphatic carbocycles. The van der Waals surface area contributed by atoms with Crippen molar-refractivity contribution >= 4 is 34.4 Å². The molecule has 1 amide bonds. The molecule has 11 heteroatoms. The number of alkyl halides is 2. The van der Waals surface area contributed by atoms with Gasteiger partial charge < -0.3 is 15.0 Å². The number of nitrogens with zero attached hydrogens (tertiary/aromatic N) is 4. The Morgan fingerprint density at radius 1 is 1.17 bits per heavy atom. The maximum Gasteiger partial charge on any atom is 0.412 e. The predicted octanol–water partition coefficient (Wildman–Crippen LogP) is 4.27. The minimum absolute atomic E-state index is 0.178. The molecule has 0 unspecified atom stereocenters. The van der Waals surface area contributed by atoms with Crippen molar-refractivity contribution in [1.82, 2.24) is 24.9 Å². The van der Waals surface area contributed by atoms with E-state index in [1.54, 1.807) is 30.5 Å². The summed E-state index contributed by atoms with van der Waals surface area (Å²) in [6.45, 7) is 0. The number of carbonyl (C=O) groups is 1. The van der Waals surface area contributed by atoms with Crippen LogP contribution in [0.15, 0.2) is 48.8 Å². The lowest BCUT2D eigenvalue weighted by Crippen LogP contribution is -2.12. The third-order valence-corrected chi connectivity index (χ3v) is 4.08. The number of halogens is 2. The zero-order chi connectivity index (χ0) is 21.1. The molecule has 9 nitrogen and oxygen atoms in total. The van der Waals surface area contributed by atoms with Gasteiger partial charge in [-0.05, 0) is 24.3 Å². The topological polar surface area (TPSA) is 118 Å². The number of hydrogen-bond donors (Lipinski definition) is 3. The molecule has 0 atom stereocenters. The SMILES string of the molecule is COC(=O)Nc1cc(Nc2nc(-c3cccc(C(F)F)n3)nc3[nH]ccc23)ccn1. The van der Waals surface area contributed by atoms with Crippen LogP contribution in [0.4, 0.5) is 30.9 Å². The number of ether oxygens (including phenoxy) is 1. The van der Waals surface area contributed by atoms with Crippen molar-refractivity contribution in [2.45, 2.75) is 6.43 Å². The Labute approximate surface area is 168 Å². The van der Waals surface area contributed by atoms with Gasteiger partial charge in [-0.25, -0.2) is 33.5 Å². The lowest BCUT2D eigenvalue weighted by molar-refractivity contribution is 0.146. The Bertz CT molecular complexity index is 1210. The van der Waals surface area contributed by atoms with Crippen molar-refractivity contribution in [1.29, 1.82) is 0 Å². The van der Waals surface area contributed by atoms with Crippen molar-refractivity contribution in [3.8, 4) is 11.5 Å².